The van der Waals surface area contributed by atoms with Gasteiger partial charge >= 0.3 is 0 Å². The van der Waals surface area contributed by atoms with E-state index in [0.717, 1.165) is 29.3 Å². The molecular formula is C20H26N2O3. The highest BCUT2D eigenvalue weighted by Gasteiger charge is 2.29. The van der Waals surface area contributed by atoms with Crippen LogP contribution in [0.15, 0.2) is 30.5 Å². The zero-order valence-electron chi connectivity index (χ0n) is 15.2. The molecule has 5 heteroatoms. The van der Waals surface area contributed by atoms with Crippen LogP contribution in [0.3, 0.4) is 0 Å². The summed E-state index contributed by atoms with van der Waals surface area (Å²) in [7, 11) is 5.36. The summed E-state index contributed by atoms with van der Waals surface area (Å²) in [6.07, 6.45) is 4.23. The topological polar surface area (TPSA) is 54.8 Å². The predicted molar refractivity (Wildman–Crippen MR) is 98.2 cm³/mol. The van der Waals surface area contributed by atoms with Gasteiger partial charge in [0, 0.05) is 30.4 Å². The van der Waals surface area contributed by atoms with Crippen molar-refractivity contribution >= 4 is 0 Å². The van der Waals surface area contributed by atoms with E-state index in [9.17, 15) is 0 Å². The number of methoxy groups -OCH3 is 2. The zero-order valence-corrected chi connectivity index (χ0v) is 15.2. The minimum atomic E-state index is 0.162. The van der Waals surface area contributed by atoms with Crippen LogP contribution in [-0.2, 0) is 6.54 Å². The molecule has 1 aromatic carbocycles. The van der Waals surface area contributed by atoms with Crippen molar-refractivity contribution in [3.8, 4) is 22.8 Å². The first kappa shape index (κ1) is 17.7. The average molecular weight is 342 g/mol. The molecule has 3 rings (SSSR count). The van der Waals surface area contributed by atoms with Gasteiger partial charge in [-0.15, -0.1) is 0 Å². The van der Waals surface area contributed by atoms with Gasteiger partial charge in [0.05, 0.1) is 26.5 Å². The third kappa shape index (κ3) is 4.11. The summed E-state index contributed by atoms with van der Waals surface area (Å²) in [5.41, 5.74) is 4.36. The van der Waals surface area contributed by atoms with Gasteiger partial charge in [0.25, 0.3) is 0 Å². The molecule has 2 aromatic rings. The number of pyridine rings is 1. The number of likely N-dealkylation sites (N-methyl/N-ethyl adjacent to an activating group) is 1. The van der Waals surface area contributed by atoms with E-state index in [2.05, 4.69) is 22.0 Å². The number of aliphatic hydroxyl groups is 1. The molecule has 0 radical (unpaired) electrons. The molecule has 25 heavy (non-hydrogen) atoms. The first-order valence-electron chi connectivity index (χ1n) is 8.67. The summed E-state index contributed by atoms with van der Waals surface area (Å²) in [4.78, 5) is 6.64. The van der Waals surface area contributed by atoms with Crippen molar-refractivity contribution in [3.05, 3.63) is 41.6 Å². The fourth-order valence-corrected chi connectivity index (χ4v) is 3.13. The van der Waals surface area contributed by atoms with Crippen LogP contribution in [0.25, 0.3) is 11.3 Å². The van der Waals surface area contributed by atoms with Gasteiger partial charge in [-0.05, 0) is 55.6 Å². The monoisotopic (exact) mass is 342 g/mol. The smallest absolute Gasteiger partial charge is 0.164 e. The number of hydrogen-bond donors (Lipinski definition) is 1. The van der Waals surface area contributed by atoms with Crippen molar-refractivity contribution in [1.82, 2.24) is 9.88 Å². The van der Waals surface area contributed by atoms with E-state index in [1.807, 2.05) is 25.4 Å². The largest absolute Gasteiger partial charge is 0.493 e. The molecule has 1 aliphatic rings. The van der Waals surface area contributed by atoms with Gasteiger partial charge < -0.3 is 14.6 Å². The van der Waals surface area contributed by atoms with Gasteiger partial charge in [-0.2, -0.15) is 0 Å². The summed E-state index contributed by atoms with van der Waals surface area (Å²) in [5.74, 6) is 2.15. The van der Waals surface area contributed by atoms with E-state index >= 15 is 0 Å². The van der Waals surface area contributed by atoms with E-state index in [0.29, 0.717) is 12.5 Å². The fraction of sp³-hybridized carbons (Fsp3) is 0.450. The Balaban J connectivity index is 1.94. The normalized spacial score (nSPS) is 14.0. The predicted octanol–water partition coefficient (Wildman–Crippen LogP) is 3.07. The molecule has 1 N–H and O–H groups in total. The van der Waals surface area contributed by atoms with Crippen LogP contribution in [0.5, 0.6) is 11.5 Å². The van der Waals surface area contributed by atoms with Crippen LogP contribution in [0, 0.1) is 0 Å². The second kappa shape index (κ2) is 7.85. The van der Waals surface area contributed by atoms with Gasteiger partial charge in [0.15, 0.2) is 11.5 Å². The molecule has 0 amide bonds. The number of aliphatic hydroxyl groups excluding tert-OH is 1. The maximum absolute atomic E-state index is 9.06. The minimum Gasteiger partial charge on any atom is -0.493 e. The van der Waals surface area contributed by atoms with Gasteiger partial charge in [-0.3, -0.25) is 9.88 Å². The summed E-state index contributed by atoms with van der Waals surface area (Å²) in [5, 5.41) is 9.06. The van der Waals surface area contributed by atoms with Crippen LogP contribution >= 0.6 is 0 Å². The molecule has 1 aromatic heterocycles. The molecule has 5 nitrogen and oxygen atoms in total. The van der Waals surface area contributed by atoms with E-state index in [1.54, 1.807) is 14.2 Å². The number of rotatable bonds is 8. The average Bonchev–Trinajstić information content (AvgIpc) is 3.46. The zero-order chi connectivity index (χ0) is 17.8. The molecule has 1 heterocycles. The van der Waals surface area contributed by atoms with Crippen molar-refractivity contribution in [3.63, 3.8) is 0 Å². The molecule has 1 aliphatic carbocycles. The summed E-state index contributed by atoms with van der Waals surface area (Å²) in [6.45, 7) is 1.59. The summed E-state index contributed by atoms with van der Waals surface area (Å²) >= 11 is 0. The number of nitrogens with zero attached hydrogens (tertiary/aromatic N) is 2. The molecule has 0 saturated heterocycles. The van der Waals surface area contributed by atoms with Crippen molar-refractivity contribution in [2.45, 2.75) is 25.3 Å². The molecule has 134 valence electrons. The lowest BCUT2D eigenvalue weighted by atomic mass is 10.0. The molecule has 0 atom stereocenters. The van der Waals surface area contributed by atoms with Crippen molar-refractivity contribution < 1.29 is 14.6 Å². The Morgan fingerprint density at radius 2 is 2.00 bits per heavy atom. The van der Waals surface area contributed by atoms with Crippen LogP contribution in [0.2, 0.25) is 0 Å². The van der Waals surface area contributed by atoms with E-state index in [-0.39, 0.29) is 6.61 Å². The third-order valence-electron chi connectivity index (χ3n) is 4.58. The van der Waals surface area contributed by atoms with E-state index in [4.69, 9.17) is 14.6 Å². The van der Waals surface area contributed by atoms with Crippen LogP contribution < -0.4 is 9.47 Å². The second-order valence-corrected chi connectivity index (χ2v) is 6.59. The Morgan fingerprint density at radius 3 is 2.64 bits per heavy atom. The molecular weight excluding hydrogens is 316 g/mol. The first-order chi connectivity index (χ1) is 12.2. The van der Waals surface area contributed by atoms with Gasteiger partial charge in [0.2, 0.25) is 0 Å². The number of benzene rings is 1. The molecule has 1 saturated carbocycles. The van der Waals surface area contributed by atoms with Gasteiger partial charge in [-0.1, -0.05) is 0 Å². The van der Waals surface area contributed by atoms with Gasteiger partial charge in [-0.25, -0.2) is 0 Å². The standard InChI is InChI=1S/C20H26N2O3/c1-22(8-9-23)13-14-6-7-21-18(10-14)16-11-17(15-4-5-15)20(25-3)19(12-16)24-2/h6-7,10-12,15,23H,4-5,8-9,13H2,1-3H3. The van der Waals surface area contributed by atoms with Crippen LogP contribution in [0.1, 0.15) is 29.9 Å². The molecule has 0 bridgehead atoms. The summed E-state index contributed by atoms with van der Waals surface area (Å²) < 4.78 is 11.1. The number of ether oxygens (including phenoxy) is 2. The highest BCUT2D eigenvalue weighted by molar-refractivity contribution is 5.67. The molecule has 0 spiro atoms. The Hall–Kier alpha value is -2.11. The fourth-order valence-electron chi connectivity index (χ4n) is 3.13. The SMILES string of the molecule is COc1cc(-c2cc(CN(C)CCO)ccn2)cc(C2CC2)c1OC. The lowest BCUT2D eigenvalue weighted by molar-refractivity contribution is 0.217. The van der Waals surface area contributed by atoms with E-state index in [1.165, 1.54) is 24.0 Å². The Labute approximate surface area is 149 Å². The Bertz CT molecular complexity index is 729. The summed E-state index contributed by atoms with van der Waals surface area (Å²) in [6, 6.07) is 8.29. The van der Waals surface area contributed by atoms with Crippen molar-refractivity contribution in [2.75, 3.05) is 34.4 Å². The maximum Gasteiger partial charge on any atom is 0.164 e. The highest BCUT2D eigenvalue weighted by atomic mass is 16.5. The lowest BCUT2D eigenvalue weighted by Gasteiger charge is -2.17. The van der Waals surface area contributed by atoms with Crippen LogP contribution in [-0.4, -0.2) is 49.4 Å². The Kier molecular flexibility index (Phi) is 5.56. The van der Waals surface area contributed by atoms with Crippen molar-refractivity contribution in [1.29, 1.82) is 0 Å². The second-order valence-electron chi connectivity index (χ2n) is 6.59. The number of hydrogen-bond acceptors (Lipinski definition) is 5. The minimum absolute atomic E-state index is 0.162. The Morgan fingerprint density at radius 1 is 1.20 bits per heavy atom. The van der Waals surface area contributed by atoms with E-state index < -0.39 is 0 Å². The third-order valence-corrected chi connectivity index (χ3v) is 4.58. The lowest BCUT2D eigenvalue weighted by Crippen LogP contribution is -2.21. The van der Waals surface area contributed by atoms with Crippen LogP contribution in [0.4, 0.5) is 0 Å². The molecule has 0 unspecified atom stereocenters. The molecule has 1 fully saturated rings. The number of aromatic nitrogens is 1. The quantitative estimate of drug-likeness (QED) is 0.799. The van der Waals surface area contributed by atoms with Gasteiger partial charge in [0.1, 0.15) is 0 Å². The maximum atomic E-state index is 9.06. The first-order valence-corrected chi connectivity index (χ1v) is 8.67. The highest BCUT2D eigenvalue weighted by Crippen LogP contribution is 2.49. The van der Waals surface area contributed by atoms with Crippen molar-refractivity contribution in [2.24, 2.45) is 0 Å². The molecule has 0 aliphatic heterocycles.